The second-order valence-corrected chi connectivity index (χ2v) is 11.1. The van der Waals surface area contributed by atoms with Crippen LogP contribution >= 0.6 is 21.4 Å². The highest BCUT2D eigenvalue weighted by molar-refractivity contribution is 8.32. The molecular formula is C21H24N2S2. The van der Waals surface area contributed by atoms with Crippen molar-refractivity contribution in [2.75, 3.05) is 37.2 Å². The molecule has 2 nitrogen and oxygen atoms in total. The molecular weight excluding hydrogens is 344 g/mol. The zero-order chi connectivity index (χ0) is 17.6. The zero-order valence-electron chi connectivity index (χ0n) is 15.1. The molecule has 0 fully saturated rings. The summed E-state index contributed by atoms with van der Waals surface area (Å²) in [6.07, 6.45) is 4.85. The van der Waals surface area contributed by atoms with Crippen molar-refractivity contribution < 1.29 is 0 Å². The molecule has 0 radical (unpaired) electrons. The van der Waals surface area contributed by atoms with E-state index in [0.29, 0.717) is 5.92 Å². The van der Waals surface area contributed by atoms with Gasteiger partial charge in [0, 0.05) is 31.4 Å². The number of benzene rings is 2. The molecule has 0 atom stereocenters. The predicted molar refractivity (Wildman–Crippen MR) is 113 cm³/mol. The van der Waals surface area contributed by atoms with Crippen LogP contribution in [-0.4, -0.2) is 26.6 Å². The first kappa shape index (κ1) is 16.6. The fraction of sp³-hybridized carbons (Fsp3) is 0.238. The van der Waals surface area contributed by atoms with Gasteiger partial charge >= 0.3 is 0 Å². The number of hydrogen-bond acceptors (Lipinski definition) is 3. The first-order chi connectivity index (χ1) is 12.1. The van der Waals surface area contributed by atoms with E-state index in [0.717, 1.165) is 0 Å². The minimum absolute atomic E-state index is 0.327. The van der Waals surface area contributed by atoms with Gasteiger partial charge in [-0.25, -0.2) is 0 Å². The standard InChI is InChI=1S/C21H24N2S2/c1-22-15-5-7-17-19(11-15)25(3,4)20-12-16(23-2)6-8-18(20)21(17)14-9-10-24-13-14/h5-13,21-23H,1-4H3. The van der Waals surface area contributed by atoms with Crippen LogP contribution in [0.15, 0.2) is 63.0 Å². The average Bonchev–Trinajstić information content (AvgIpc) is 3.16. The van der Waals surface area contributed by atoms with Crippen LogP contribution in [0.1, 0.15) is 22.6 Å². The number of fused-ring (bicyclic) bond motifs is 2. The van der Waals surface area contributed by atoms with Gasteiger partial charge in [-0.05, 0) is 80.1 Å². The molecule has 4 heteroatoms. The highest BCUT2D eigenvalue weighted by Crippen LogP contribution is 2.66. The predicted octanol–water partition coefficient (Wildman–Crippen LogP) is 5.81. The summed E-state index contributed by atoms with van der Waals surface area (Å²) >= 11 is 1.78. The lowest BCUT2D eigenvalue weighted by Gasteiger charge is -2.43. The van der Waals surface area contributed by atoms with Crippen molar-refractivity contribution in [2.45, 2.75) is 15.7 Å². The normalized spacial score (nSPS) is 16.6. The summed E-state index contributed by atoms with van der Waals surface area (Å²) in [5.74, 6) is 0.327. The summed E-state index contributed by atoms with van der Waals surface area (Å²) in [6.45, 7) is 0. The van der Waals surface area contributed by atoms with Crippen molar-refractivity contribution in [3.8, 4) is 0 Å². The number of rotatable bonds is 3. The highest BCUT2D eigenvalue weighted by atomic mass is 32.3. The van der Waals surface area contributed by atoms with Crippen molar-refractivity contribution in [1.82, 2.24) is 0 Å². The van der Waals surface area contributed by atoms with E-state index in [4.69, 9.17) is 0 Å². The first-order valence-electron chi connectivity index (χ1n) is 8.45. The molecule has 130 valence electrons. The molecule has 0 spiro atoms. The lowest BCUT2D eigenvalue weighted by atomic mass is 9.86. The number of anilines is 2. The molecule has 0 saturated heterocycles. The number of hydrogen-bond donors (Lipinski definition) is 2. The van der Waals surface area contributed by atoms with E-state index >= 15 is 0 Å². The smallest absolute Gasteiger partial charge is 0.0369 e. The molecule has 0 aliphatic carbocycles. The summed E-state index contributed by atoms with van der Waals surface area (Å²) in [6, 6.07) is 16.1. The Morgan fingerprint density at radius 3 is 1.84 bits per heavy atom. The maximum atomic E-state index is 3.31. The van der Waals surface area contributed by atoms with Crippen LogP contribution in [0.25, 0.3) is 0 Å². The molecule has 2 N–H and O–H groups in total. The van der Waals surface area contributed by atoms with Crippen molar-refractivity contribution in [2.24, 2.45) is 0 Å². The zero-order valence-corrected chi connectivity index (χ0v) is 16.7. The SMILES string of the molecule is CNc1ccc2c(c1)S(C)(C)c1cc(NC)ccc1C2c1ccsc1. The van der Waals surface area contributed by atoms with Gasteiger partial charge in [0.1, 0.15) is 0 Å². The molecule has 3 aromatic rings. The Bertz CT molecular complexity index is 856. The average molecular weight is 369 g/mol. The van der Waals surface area contributed by atoms with Gasteiger partial charge in [0.05, 0.1) is 0 Å². The fourth-order valence-electron chi connectivity index (χ4n) is 3.82. The van der Waals surface area contributed by atoms with Crippen LogP contribution in [0, 0.1) is 0 Å². The van der Waals surface area contributed by atoms with E-state index in [2.05, 4.69) is 76.4 Å². The van der Waals surface area contributed by atoms with Gasteiger partial charge in [-0.1, -0.05) is 12.1 Å². The van der Waals surface area contributed by atoms with Crippen LogP contribution in [-0.2, 0) is 0 Å². The third-order valence-corrected chi connectivity index (χ3v) is 8.81. The Morgan fingerprint density at radius 2 is 1.40 bits per heavy atom. The van der Waals surface area contributed by atoms with E-state index in [9.17, 15) is 0 Å². The largest absolute Gasteiger partial charge is 0.388 e. The summed E-state index contributed by atoms with van der Waals surface area (Å²) in [7, 11) is 2.93. The van der Waals surface area contributed by atoms with E-state index in [1.807, 2.05) is 14.1 Å². The van der Waals surface area contributed by atoms with Crippen LogP contribution in [0.4, 0.5) is 11.4 Å². The number of nitrogens with one attached hydrogen (secondary N) is 2. The first-order valence-corrected chi connectivity index (χ1v) is 11.8. The van der Waals surface area contributed by atoms with Gasteiger partial charge in [-0.3, -0.25) is 0 Å². The molecule has 0 amide bonds. The van der Waals surface area contributed by atoms with Crippen LogP contribution in [0.3, 0.4) is 0 Å². The summed E-state index contributed by atoms with van der Waals surface area (Å²) in [5.41, 5.74) is 6.70. The van der Waals surface area contributed by atoms with E-state index in [1.165, 1.54) is 37.9 Å². The Balaban J connectivity index is 2.03. The second-order valence-electron chi connectivity index (χ2n) is 6.82. The van der Waals surface area contributed by atoms with E-state index in [-0.39, 0.29) is 0 Å². The van der Waals surface area contributed by atoms with Gasteiger partial charge in [0.15, 0.2) is 0 Å². The van der Waals surface area contributed by atoms with Crippen molar-refractivity contribution in [1.29, 1.82) is 0 Å². The molecule has 0 saturated carbocycles. The maximum Gasteiger partial charge on any atom is 0.0369 e. The topological polar surface area (TPSA) is 24.1 Å². The summed E-state index contributed by atoms with van der Waals surface area (Å²) < 4.78 is 0. The van der Waals surface area contributed by atoms with E-state index in [1.54, 1.807) is 11.3 Å². The minimum atomic E-state index is -1.07. The maximum absolute atomic E-state index is 3.31. The molecule has 1 aromatic heterocycles. The molecule has 4 rings (SSSR count). The van der Waals surface area contributed by atoms with Crippen LogP contribution < -0.4 is 10.6 Å². The Hall–Kier alpha value is -1.91. The Morgan fingerprint density at radius 1 is 0.840 bits per heavy atom. The second kappa shape index (κ2) is 6.11. The molecule has 1 aliphatic rings. The lowest BCUT2D eigenvalue weighted by molar-refractivity contribution is 0.899. The van der Waals surface area contributed by atoms with Crippen LogP contribution in [0.5, 0.6) is 0 Å². The minimum Gasteiger partial charge on any atom is -0.388 e. The quantitative estimate of drug-likeness (QED) is 0.610. The van der Waals surface area contributed by atoms with Gasteiger partial charge in [-0.2, -0.15) is 21.4 Å². The van der Waals surface area contributed by atoms with Gasteiger partial charge in [0.25, 0.3) is 0 Å². The van der Waals surface area contributed by atoms with Crippen molar-refractivity contribution >= 4 is 32.7 Å². The number of thiophene rings is 1. The Kier molecular flexibility index (Phi) is 4.05. The fourth-order valence-corrected chi connectivity index (χ4v) is 7.14. The van der Waals surface area contributed by atoms with E-state index < -0.39 is 10.0 Å². The van der Waals surface area contributed by atoms with Crippen molar-refractivity contribution in [3.63, 3.8) is 0 Å². The Labute approximate surface area is 155 Å². The third-order valence-electron chi connectivity index (χ3n) is 5.20. The summed E-state index contributed by atoms with van der Waals surface area (Å²) in [5, 5.41) is 11.1. The van der Waals surface area contributed by atoms with Crippen molar-refractivity contribution in [3.05, 3.63) is 69.9 Å². The van der Waals surface area contributed by atoms with Gasteiger partial charge in [0.2, 0.25) is 0 Å². The third kappa shape index (κ3) is 2.55. The van der Waals surface area contributed by atoms with Gasteiger partial charge in [-0.15, -0.1) is 0 Å². The lowest BCUT2D eigenvalue weighted by Crippen LogP contribution is -2.17. The monoisotopic (exact) mass is 368 g/mol. The molecule has 2 heterocycles. The molecule has 0 unspecified atom stereocenters. The highest BCUT2D eigenvalue weighted by Gasteiger charge is 2.35. The molecule has 2 aromatic carbocycles. The van der Waals surface area contributed by atoms with Crippen LogP contribution in [0.2, 0.25) is 0 Å². The van der Waals surface area contributed by atoms with Gasteiger partial charge < -0.3 is 10.6 Å². The molecule has 25 heavy (non-hydrogen) atoms. The molecule has 1 aliphatic heterocycles. The molecule has 0 bridgehead atoms. The summed E-state index contributed by atoms with van der Waals surface area (Å²) in [4.78, 5) is 2.99.